The van der Waals surface area contributed by atoms with Gasteiger partial charge < -0.3 is 5.73 Å². The molecule has 0 bridgehead atoms. The highest BCUT2D eigenvalue weighted by atomic mass is 32.1. The molecule has 1 aliphatic carbocycles. The molecule has 1 aromatic heterocycles. The molecule has 0 atom stereocenters. The van der Waals surface area contributed by atoms with E-state index in [4.69, 9.17) is 18.0 Å². The summed E-state index contributed by atoms with van der Waals surface area (Å²) in [6.07, 6.45) is 7.56. The summed E-state index contributed by atoms with van der Waals surface area (Å²) in [7, 11) is 0. The van der Waals surface area contributed by atoms with Gasteiger partial charge in [-0.25, -0.2) is 4.90 Å². The van der Waals surface area contributed by atoms with Crippen LogP contribution in [0.1, 0.15) is 50.5 Å². The minimum absolute atomic E-state index is 0.126. The summed E-state index contributed by atoms with van der Waals surface area (Å²) < 4.78 is 0. The van der Waals surface area contributed by atoms with Gasteiger partial charge in [-0.1, -0.05) is 37.9 Å². The molecule has 3 rings (SSSR count). The minimum Gasteiger partial charge on any atom is -0.389 e. The summed E-state index contributed by atoms with van der Waals surface area (Å²) in [5.74, 6) is -0.00146. The van der Waals surface area contributed by atoms with Gasteiger partial charge in [0.25, 0.3) is 0 Å². The van der Waals surface area contributed by atoms with Gasteiger partial charge in [0.2, 0.25) is 11.8 Å². The summed E-state index contributed by atoms with van der Waals surface area (Å²) in [6.45, 7) is 0. The van der Waals surface area contributed by atoms with Crippen molar-refractivity contribution in [3.8, 4) is 0 Å². The van der Waals surface area contributed by atoms with Crippen LogP contribution in [-0.4, -0.2) is 27.0 Å². The number of amides is 2. The van der Waals surface area contributed by atoms with Crippen LogP contribution in [0.5, 0.6) is 0 Å². The summed E-state index contributed by atoms with van der Waals surface area (Å²) in [5, 5.41) is 6.56. The highest BCUT2D eigenvalue weighted by Crippen LogP contribution is 2.45. The first-order chi connectivity index (χ1) is 10.1. The Hall–Kier alpha value is -1.76. The van der Waals surface area contributed by atoms with E-state index < -0.39 is 5.41 Å². The Bertz CT molecular complexity index is 602. The average molecular weight is 306 g/mol. The largest absolute Gasteiger partial charge is 0.389 e. The Balaban J connectivity index is 1.97. The van der Waals surface area contributed by atoms with E-state index >= 15 is 0 Å². The van der Waals surface area contributed by atoms with E-state index in [1.807, 2.05) is 0 Å². The summed E-state index contributed by atoms with van der Waals surface area (Å²) in [5.41, 5.74) is 5.54. The van der Waals surface area contributed by atoms with Crippen molar-refractivity contribution in [3.63, 3.8) is 0 Å². The van der Waals surface area contributed by atoms with Crippen LogP contribution in [0.2, 0.25) is 0 Å². The topological polar surface area (TPSA) is 92.1 Å². The zero-order chi connectivity index (χ0) is 15.0. The van der Waals surface area contributed by atoms with Crippen LogP contribution < -0.4 is 10.6 Å². The fourth-order valence-electron chi connectivity index (χ4n) is 3.45. The van der Waals surface area contributed by atoms with Gasteiger partial charge in [0, 0.05) is 6.42 Å². The van der Waals surface area contributed by atoms with Gasteiger partial charge in [-0.15, -0.1) is 0 Å². The van der Waals surface area contributed by atoms with Crippen molar-refractivity contribution in [2.45, 2.75) is 44.9 Å². The second kappa shape index (κ2) is 5.22. The maximum absolute atomic E-state index is 12.9. The second-order valence-corrected chi connectivity index (χ2v) is 6.34. The van der Waals surface area contributed by atoms with E-state index in [-0.39, 0.29) is 23.2 Å². The lowest BCUT2D eigenvalue weighted by atomic mass is 9.79. The molecule has 0 unspecified atom stereocenters. The van der Waals surface area contributed by atoms with E-state index in [0.717, 1.165) is 38.5 Å². The molecule has 0 aromatic carbocycles. The standard InChI is InChI=1S/C14H18N4O2S/c15-11(21)9-8-16-17-12(9)18-10(19)7-14(13(18)20)5-3-1-2-4-6-14/h8H,1-7H2,(H2,15,21)(H,16,17). The Labute approximate surface area is 128 Å². The molecule has 6 nitrogen and oxygen atoms in total. The molecule has 21 heavy (non-hydrogen) atoms. The first-order valence-corrected chi connectivity index (χ1v) is 7.66. The summed E-state index contributed by atoms with van der Waals surface area (Å²) in [6, 6.07) is 0. The van der Waals surface area contributed by atoms with Gasteiger partial charge in [0.05, 0.1) is 17.2 Å². The Morgan fingerprint density at radius 2 is 1.95 bits per heavy atom. The number of aromatic nitrogens is 2. The number of anilines is 1. The maximum Gasteiger partial charge on any atom is 0.241 e. The molecule has 0 radical (unpaired) electrons. The quantitative estimate of drug-likeness (QED) is 0.640. The van der Waals surface area contributed by atoms with Crippen LogP contribution in [-0.2, 0) is 9.59 Å². The van der Waals surface area contributed by atoms with E-state index in [0.29, 0.717) is 11.4 Å². The van der Waals surface area contributed by atoms with Crippen molar-refractivity contribution < 1.29 is 9.59 Å². The number of hydrogen-bond donors (Lipinski definition) is 2. The van der Waals surface area contributed by atoms with Crippen LogP contribution in [0.15, 0.2) is 6.20 Å². The molecule has 1 saturated carbocycles. The Kier molecular flexibility index (Phi) is 3.52. The molecule has 7 heteroatoms. The van der Waals surface area contributed by atoms with E-state index in [1.165, 1.54) is 11.1 Å². The number of aromatic amines is 1. The first kappa shape index (κ1) is 14.2. The lowest BCUT2D eigenvalue weighted by Crippen LogP contribution is -2.36. The van der Waals surface area contributed by atoms with Gasteiger partial charge in [-0.2, -0.15) is 5.10 Å². The second-order valence-electron chi connectivity index (χ2n) is 5.90. The monoisotopic (exact) mass is 306 g/mol. The number of carbonyl (C=O) groups excluding carboxylic acids is 2. The fraction of sp³-hybridized carbons (Fsp3) is 0.571. The van der Waals surface area contributed by atoms with Crippen molar-refractivity contribution in [1.82, 2.24) is 10.2 Å². The van der Waals surface area contributed by atoms with Crippen molar-refractivity contribution in [2.75, 3.05) is 4.90 Å². The number of nitrogens with one attached hydrogen (secondary N) is 1. The summed E-state index contributed by atoms with van der Waals surface area (Å²) >= 11 is 4.95. The van der Waals surface area contributed by atoms with E-state index in [1.54, 1.807) is 0 Å². The number of rotatable bonds is 2. The molecule has 1 aliphatic heterocycles. The average Bonchev–Trinajstić information content (AvgIpc) is 2.89. The Morgan fingerprint density at radius 1 is 1.29 bits per heavy atom. The zero-order valence-corrected chi connectivity index (χ0v) is 12.5. The van der Waals surface area contributed by atoms with Crippen LogP contribution in [0, 0.1) is 5.41 Å². The van der Waals surface area contributed by atoms with Crippen molar-refractivity contribution in [3.05, 3.63) is 11.8 Å². The van der Waals surface area contributed by atoms with Crippen molar-refractivity contribution >= 4 is 34.8 Å². The first-order valence-electron chi connectivity index (χ1n) is 7.26. The highest BCUT2D eigenvalue weighted by Gasteiger charge is 2.52. The SMILES string of the molecule is NC(=S)c1cn[nH]c1N1C(=O)CC2(CCCCCC2)C1=O. The minimum atomic E-state index is -0.536. The van der Waals surface area contributed by atoms with Gasteiger partial charge in [0.1, 0.15) is 10.8 Å². The van der Waals surface area contributed by atoms with Gasteiger partial charge in [-0.05, 0) is 12.8 Å². The number of imide groups is 1. The molecule has 2 aliphatic rings. The smallest absolute Gasteiger partial charge is 0.241 e. The van der Waals surface area contributed by atoms with Gasteiger partial charge in [0.15, 0.2) is 0 Å². The van der Waals surface area contributed by atoms with Crippen LogP contribution in [0.4, 0.5) is 5.82 Å². The molecule has 2 fully saturated rings. The predicted octanol–water partition coefficient (Wildman–Crippen LogP) is 1.65. The third-order valence-electron chi connectivity index (χ3n) is 4.56. The molecule has 112 valence electrons. The van der Waals surface area contributed by atoms with Gasteiger partial charge >= 0.3 is 0 Å². The Morgan fingerprint density at radius 3 is 2.57 bits per heavy atom. The third-order valence-corrected chi connectivity index (χ3v) is 4.78. The number of H-pyrrole nitrogens is 1. The fourth-order valence-corrected chi connectivity index (χ4v) is 3.60. The van der Waals surface area contributed by atoms with Gasteiger partial charge in [-0.3, -0.25) is 14.7 Å². The number of nitrogens with zero attached hydrogens (tertiary/aromatic N) is 2. The molecule has 1 aromatic rings. The lowest BCUT2D eigenvalue weighted by Gasteiger charge is -2.24. The molecule has 2 heterocycles. The number of hydrogen-bond acceptors (Lipinski definition) is 4. The molecule has 1 saturated heterocycles. The number of thiocarbonyl (C=S) groups is 1. The predicted molar refractivity (Wildman–Crippen MR) is 81.7 cm³/mol. The van der Waals surface area contributed by atoms with Crippen molar-refractivity contribution in [2.24, 2.45) is 11.1 Å². The molecular formula is C14H18N4O2S. The van der Waals surface area contributed by atoms with Crippen LogP contribution in [0.25, 0.3) is 0 Å². The van der Waals surface area contributed by atoms with Crippen molar-refractivity contribution in [1.29, 1.82) is 0 Å². The third kappa shape index (κ3) is 2.25. The van der Waals surface area contributed by atoms with Crippen LogP contribution in [0.3, 0.4) is 0 Å². The van der Waals surface area contributed by atoms with E-state index in [2.05, 4.69) is 10.2 Å². The summed E-state index contributed by atoms with van der Waals surface area (Å²) in [4.78, 5) is 26.6. The highest BCUT2D eigenvalue weighted by molar-refractivity contribution is 7.80. The normalized spacial score (nSPS) is 21.8. The lowest BCUT2D eigenvalue weighted by molar-refractivity contribution is -0.126. The molecular weight excluding hydrogens is 288 g/mol. The maximum atomic E-state index is 12.9. The molecule has 2 amide bonds. The molecule has 3 N–H and O–H groups in total. The van der Waals surface area contributed by atoms with E-state index in [9.17, 15) is 9.59 Å². The zero-order valence-electron chi connectivity index (χ0n) is 11.7. The number of carbonyl (C=O) groups is 2. The number of nitrogens with two attached hydrogens (primary N) is 1. The molecule has 1 spiro atoms. The van der Waals surface area contributed by atoms with Crippen LogP contribution >= 0.6 is 12.2 Å².